The number of hydrogen-bond acceptors (Lipinski definition) is 5. The number of sulfonamides is 1. The minimum Gasteiger partial charge on any atom is -0.493 e. The standard InChI is InChI=1S/C13H17N3O4S/c1-8-5-11(19-3)12(20-4)6-10(8)16-21(17,18)13-7-14-9(2)15-13/h5-7,16H,1-4H3,(H,14,15). The maximum Gasteiger partial charge on any atom is 0.278 e. The number of ether oxygens (including phenoxy) is 2. The van der Waals surface area contributed by atoms with E-state index in [1.807, 2.05) is 0 Å². The molecule has 8 heteroatoms. The smallest absolute Gasteiger partial charge is 0.278 e. The number of hydrogen-bond donors (Lipinski definition) is 2. The van der Waals surface area contributed by atoms with Gasteiger partial charge >= 0.3 is 0 Å². The van der Waals surface area contributed by atoms with E-state index in [1.165, 1.54) is 20.4 Å². The minimum atomic E-state index is -3.72. The Morgan fingerprint density at radius 3 is 2.29 bits per heavy atom. The summed E-state index contributed by atoms with van der Waals surface area (Å²) in [7, 11) is -0.712. The summed E-state index contributed by atoms with van der Waals surface area (Å²) in [6.07, 6.45) is 1.27. The highest BCUT2D eigenvalue weighted by Crippen LogP contribution is 2.33. The zero-order chi connectivity index (χ0) is 15.6. The maximum atomic E-state index is 12.3. The van der Waals surface area contributed by atoms with Gasteiger partial charge in [-0.2, -0.15) is 8.42 Å². The van der Waals surface area contributed by atoms with E-state index >= 15 is 0 Å². The molecule has 0 atom stereocenters. The van der Waals surface area contributed by atoms with Crippen LogP contribution in [0.25, 0.3) is 0 Å². The number of aromatic amines is 1. The van der Waals surface area contributed by atoms with Crippen LogP contribution in [0.1, 0.15) is 11.4 Å². The van der Waals surface area contributed by atoms with Crippen molar-refractivity contribution >= 4 is 15.7 Å². The molecule has 0 unspecified atom stereocenters. The van der Waals surface area contributed by atoms with Crippen LogP contribution in [0.5, 0.6) is 11.5 Å². The van der Waals surface area contributed by atoms with Crippen LogP contribution in [0.2, 0.25) is 0 Å². The van der Waals surface area contributed by atoms with E-state index in [-0.39, 0.29) is 5.03 Å². The highest BCUT2D eigenvalue weighted by Gasteiger charge is 2.19. The first-order chi connectivity index (χ1) is 9.87. The predicted octanol–water partition coefficient (Wildman–Crippen LogP) is 1.84. The molecule has 0 saturated carbocycles. The quantitative estimate of drug-likeness (QED) is 0.879. The van der Waals surface area contributed by atoms with Crippen LogP contribution in [-0.4, -0.2) is 32.6 Å². The normalized spacial score (nSPS) is 11.2. The molecule has 2 N–H and O–H groups in total. The largest absolute Gasteiger partial charge is 0.493 e. The number of H-pyrrole nitrogens is 1. The molecule has 2 rings (SSSR count). The number of methoxy groups -OCH3 is 2. The molecular weight excluding hydrogens is 294 g/mol. The molecule has 0 fully saturated rings. The van der Waals surface area contributed by atoms with Crippen LogP contribution in [0.15, 0.2) is 23.4 Å². The van der Waals surface area contributed by atoms with Crippen LogP contribution in [0.3, 0.4) is 0 Å². The van der Waals surface area contributed by atoms with E-state index in [1.54, 1.807) is 26.0 Å². The molecule has 21 heavy (non-hydrogen) atoms. The third-order valence-corrected chi connectivity index (χ3v) is 4.22. The van der Waals surface area contributed by atoms with Crippen LogP contribution < -0.4 is 14.2 Å². The molecule has 1 heterocycles. The zero-order valence-electron chi connectivity index (χ0n) is 12.2. The van der Waals surface area contributed by atoms with Crippen molar-refractivity contribution in [2.24, 2.45) is 0 Å². The molecular formula is C13H17N3O4S. The van der Waals surface area contributed by atoms with Crippen molar-refractivity contribution in [1.82, 2.24) is 9.97 Å². The van der Waals surface area contributed by atoms with Crippen molar-refractivity contribution in [3.63, 3.8) is 0 Å². The Balaban J connectivity index is 2.39. The Kier molecular flexibility index (Phi) is 4.08. The second-order valence-electron chi connectivity index (χ2n) is 4.46. The van der Waals surface area contributed by atoms with Crippen LogP contribution >= 0.6 is 0 Å². The molecule has 7 nitrogen and oxygen atoms in total. The van der Waals surface area contributed by atoms with Gasteiger partial charge in [-0.05, 0) is 25.5 Å². The molecule has 0 bridgehead atoms. The van der Waals surface area contributed by atoms with Crippen molar-refractivity contribution in [3.8, 4) is 11.5 Å². The van der Waals surface area contributed by atoms with Crippen molar-refractivity contribution in [2.45, 2.75) is 18.9 Å². The predicted molar refractivity (Wildman–Crippen MR) is 78.4 cm³/mol. The molecule has 1 aromatic carbocycles. The van der Waals surface area contributed by atoms with E-state index < -0.39 is 10.0 Å². The highest BCUT2D eigenvalue weighted by atomic mass is 32.2. The van der Waals surface area contributed by atoms with E-state index in [0.29, 0.717) is 28.6 Å². The molecule has 2 aromatic rings. The fraction of sp³-hybridized carbons (Fsp3) is 0.308. The lowest BCUT2D eigenvalue weighted by atomic mass is 10.2. The Bertz CT molecular complexity index is 753. The third kappa shape index (κ3) is 3.10. The Morgan fingerprint density at radius 1 is 1.14 bits per heavy atom. The molecule has 0 aliphatic carbocycles. The molecule has 1 aromatic heterocycles. The number of benzene rings is 1. The average molecular weight is 311 g/mol. The van der Waals surface area contributed by atoms with Gasteiger partial charge in [-0.1, -0.05) is 0 Å². The highest BCUT2D eigenvalue weighted by molar-refractivity contribution is 7.92. The number of rotatable bonds is 5. The number of nitrogens with one attached hydrogen (secondary N) is 2. The van der Waals surface area contributed by atoms with E-state index in [9.17, 15) is 8.42 Å². The van der Waals surface area contributed by atoms with Gasteiger partial charge in [0.1, 0.15) is 5.82 Å². The molecule has 0 spiro atoms. The first-order valence-corrected chi connectivity index (χ1v) is 7.62. The van der Waals surface area contributed by atoms with Gasteiger partial charge in [-0.3, -0.25) is 4.72 Å². The van der Waals surface area contributed by atoms with Crippen LogP contribution in [0.4, 0.5) is 5.69 Å². The van der Waals surface area contributed by atoms with E-state index in [0.717, 1.165) is 0 Å². The Morgan fingerprint density at radius 2 is 1.76 bits per heavy atom. The summed E-state index contributed by atoms with van der Waals surface area (Å²) in [5, 5.41) is 0.00850. The van der Waals surface area contributed by atoms with Crippen LogP contribution in [0, 0.1) is 13.8 Å². The summed E-state index contributed by atoms with van der Waals surface area (Å²) in [5.74, 6) is 1.51. The molecule has 0 radical (unpaired) electrons. The van der Waals surface area contributed by atoms with E-state index in [4.69, 9.17) is 9.47 Å². The lowest BCUT2D eigenvalue weighted by molar-refractivity contribution is 0.355. The lowest BCUT2D eigenvalue weighted by Crippen LogP contribution is -2.14. The third-order valence-electron chi connectivity index (χ3n) is 2.94. The van der Waals surface area contributed by atoms with E-state index in [2.05, 4.69) is 14.7 Å². The van der Waals surface area contributed by atoms with Crippen molar-refractivity contribution in [3.05, 3.63) is 29.7 Å². The van der Waals surface area contributed by atoms with Gasteiger partial charge in [0.15, 0.2) is 16.5 Å². The average Bonchev–Trinajstić information content (AvgIpc) is 2.88. The summed E-state index contributed by atoms with van der Waals surface area (Å²) in [5.41, 5.74) is 1.13. The fourth-order valence-corrected chi connectivity index (χ4v) is 2.92. The monoisotopic (exact) mass is 311 g/mol. The number of imidazole rings is 1. The Hall–Kier alpha value is -2.22. The van der Waals surface area contributed by atoms with Crippen molar-refractivity contribution in [2.75, 3.05) is 18.9 Å². The minimum absolute atomic E-state index is 0.00850. The van der Waals surface area contributed by atoms with Gasteiger partial charge in [0, 0.05) is 6.07 Å². The second kappa shape index (κ2) is 5.65. The number of anilines is 1. The molecule has 0 aliphatic heterocycles. The van der Waals surface area contributed by atoms with Gasteiger partial charge in [-0.25, -0.2) is 4.98 Å². The van der Waals surface area contributed by atoms with Crippen molar-refractivity contribution < 1.29 is 17.9 Å². The SMILES string of the molecule is COc1cc(C)c(NS(=O)(=O)c2cnc(C)[nH]2)cc1OC. The van der Waals surface area contributed by atoms with Gasteiger partial charge in [-0.15, -0.1) is 0 Å². The molecule has 0 aliphatic rings. The Labute approximate surface area is 123 Å². The number of nitrogens with zero attached hydrogens (tertiary/aromatic N) is 1. The first-order valence-electron chi connectivity index (χ1n) is 6.14. The van der Waals surface area contributed by atoms with Gasteiger partial charge in [0.25, 0.3) is 10.0 Å². The second-order valence-corrected chi connectivity index (χ2v) is 6.11. The summed E-state index contributed by atoms with van der Waals surface area (Å²) >= 11 is 0. The van der Waals surface area contributed by atoms with Gasteiger partial charge < -0.3 is 14.5 Å². The van der Waals surface area contributed by atoms with Gasteiger partial charge in [0.2, 0.25) is 0 Å². The number of aromatic nitrogens is 2. The fourth-order valence-electron chi connectivity index (χ4n) is 1.83. The summed E-state index contributed by atoms with van der Waals surface area (Å²) in [4.78, 5) is 6.58. The maximum absolute atomic E-state index is 12.3. The topological polar surface area (TPSA) is 93.3 Å². The molecule has 0 amide bonds. The lowest BCUT2D eigenvalue weighted by Gasteiger charge is -2.14. The van der Waals surface area contributed by atoms with Crippen LogP contribution in [-0.2, 0) is 10.0 Å². The number of aryl methyl sites for hydroxylation is 2. The summed E-state index contributed by atoms with van der Waals surface area (Å²) in [6, 6.07) is 3.28. The first kappa shape index (κ1) is 15.2. The summed E-state index contributed by atoms with van der Waals surface area (Å²) < 4.78 is 37.4. The zero-order valence-corrected chi connectivity index (χ0v) is 13.0. The van der Waals surface area contributed by atoms with Crippen molar-refractivity contribution in [1.29, 1.82) is 0 Å². The molecule has 114 valence electrons. The molecule has 0 saturated heterocycles. The van der Waals surface area contributed by atoms with Gasteiger partial charge in [0.05, 0.1) is 26.1 Å². The summed E-state index contributed by atoms with van der Waals surface area (Å²) in [6.45, 7) is 3.46.